The van der Waals surface area contributed by atoms with Crippen LogP contribution in [0, 0.1) is 11.8 Å². The number of allylic oxidation sites excluding steroid dienone is 1. The van der Waals surface area contributed by atoms with Gasteiger partial charge in [0.25, 0.3) is 0 Å². The van der Waals surface area contributed by atoms with E-state index in [0.29, 0.717) is 5.69 Å². The first-order valence-electron chi connectivity index (χ1n) is 8.48. The summed E-state index contributed by atoms with van der Waals surface area (Å²) in [7, 11) is 0. The molecular weight excluding hydrogens is 304 g/mol. The number of nitrogen functional groups attached to an aromatic ring is 1. The lowest BCUT2D eigenvalue weighted by Gasteiger charge is -2.15. The van der Waals surface area contributed by atoms with Gasteiger partial charge in [0, 0.05) is 23.8 Å². The van der Waals surface area contributed by atoms with Gasteiger partial charge in [0.1, 0.15) is 0 Å². The minimum atomic E-state index is 0.272. The van der Waals surface area contributed by atoms with Crippen LogP contribution < -0.4 is 11.1 Å². The molecule has 0 radical (unpaired) electrons. The van der Waals surface area contributed by atoms with Crippen molar-refractivity contribution in [3.63, 3.8) is 0 Å². The monoisotopic (exact) mass is 326 g/mol. The summed E-state index contributed by atoms with van der Waals surface area (Å²) < 4.78 is 0. The van der Waals surface area contributed by atoms with E-state index in [0.717, 1.165) is 12.1 Å². The Morgan fingerprint density at radius 1 is 1.00 bits per heavy atom. The SMILES string of the molecule is CC(NC/C=C/C#Cc1ccccc1N)c1cccc2ccccc12. The van der Waals surface area contributed by atoms with Crippen molar-refractivity contribution in [2.45, 2.75) is 13.0 Å². The van der Waals surface area contributed by atoms with Crippen molar-refractivity contribution in [1.29, 1.82) is 0 Å². The Morgan fingerprint density at radius 2 is 1.76 bits per heavy atom. The zero-order chi connectivity index (χ0) is 17.5. The van der Waals surface area contributed by atoms with E-state index in [1.807, 2.05) is 36.4 Å². The minimum Gasteiger partial charge on any atom is -0.398 e. The number of nitrogens with one attached hydrogen (secondary N) is 1. The number of nitrogens with two attached hydrogens (primary N) is 1. The van der Waals surface area contributed by atoms with Gasteiger partial charge < -0.3 is 11.1 Å². The van der Waals surface area contributed by atoms with Crippen molar-refractivity contribution < 1.29 is 0 Å². The van der Waals surface area contributed by atoms with E-state index in [1.54, 1.807) is 0 Å². The number of fused-ring (bicyclic) bond motifs is 1. The normalized spacial score (nSPS) is 12.0. The number of anilines is 1. The maximum Gasteiger partial charge on any atom is 0.0478 e. The number of hydrogen-bond donors (Lipinski definition) is 2. The predicted octanol–water partition coefficient (Wildman–Crippen LogP) is 4.68. The minimum absolute atomic E-state index is 0.272. The molecular formula is C23H22N2. The van der Waals surface area contributed by atoms with Crippen LogP contribution in [0.5, 0.6) is 0 Å². The Morgan fingerprint density at radius 3 is 2.64 bits per heavy atom. The van der Waals surface area contributed by atoms with Crippen molar-refractivity contribution in [3.8, 4) is 11.8 Å². The fraction of sp³-hybridized carbons (Fsp3) is 0.130. The first kappa shape index (κ1) is 16.8. The predicted molar refractivity (Wildman–Crippen MR) is 107 cm³/mol. The van der Waals surface area contributed by atoms with E-state index < -0.39 is 0 Å². The zero-order valence-electron chi connectivity index (χ0n) is 14.4. The molecule has 0 aliphatic heterocycles. The molecule has 0 fully saturated rings. The first-order valence-corrected chi connectivity index (χ1v) is 8.48. The van der Waals surface area contributed by atoms with Gasteiger partial charge in [-0.25, -0.2) is 0 Å². The number of rotatable bonds is 4. The summed E-state index contributed by atoms with van der Waals surface area (Å²) in [6, 6.07) is 22.8. The Bertz CT molecular complexity index is 939. The van der Waals surface area contributed by atoms with Gasteiger partial charge in [-0.1, -0.05) is 72.5 Å². The lowest BCUT2D eigenvalue weighted by molar-refractivity contribution is 0.621. The maximum absolute atomic E-state index is 5.87. The fourth-order valence-corrected chi connectivity index (χ4v) is 2.83. The molecule has 0 heterocycles. The molecule has 0 amide bonds. The highest BCUT2D eigenvalue weighted by atomic mass is 14.9. The molecule has 0 aromatic heterocycles. The fourth-order valence-electron chi connectivity index (χ4n) is 2.83. The van der Waals surface area contributed by atoms with Gasteiger partial charge in [0.2, 0.25) is 0 Å². The summed E-state index contributed by atoms with van der Waals surface area (Å²) in [6.45, 7) is 2.95. The zero-order valence-corrected chi connectivity index (χ0v) is 14.4. The molecule has 2 nitrogen and oxygen atoms in total. The van der Waals surface area contributed by atoms with Crippen molar-refractivity contribution in [2.24, 2.45) is 0 Å². The van der Waals surface area contributed by atoms with Crippen LogP contribution in [0.4, 0.5) is 5.69 Å². The van der Waals surface area contributed by atoms with Crippen LogP contribution in [0.15, 0.2) is 78.9 Å². The van der Waals surface area contributed by atoms with Gasteiger partial charge in [0.05, 0.1) is 0 Å². The van der Waals surface area contributed by atoms with Crippen molar-refractivity contribution >= 4 is 16.5 Å². The quantitative estimate of drug-likeness (QED) is 0.539. The van der Waals surface area contributed by atoms with E-state index in [1.165, 1.54) is 16.3 Å². The van der Waals surface area contributed by atoms with Crippen LogP contribution in [0.1, 0.15) is 24.1 Å². The smallest absolute Gasteiger partial charge is 0.0478 e. The number of hydrogen-bond acceptors (Lipinski definition) is 2. The van der Waals surface area contributed by atoms with Crippen molar-refractivity contribution in [2.75, 3.05) is 12.3 Å². The summed E-state index contributed by atoms with van der Waals surface area (Å²) in [4.78, 5) is 0. The van der Waals surface area contributed by atoms with Crippen LogP contribution in [0.25, 0.3) is 10.8 Å². The van der Waals surface area contributed by atoms with Crippen LogP contribution in [0.3, 0.4) is 0 Å². The van der Waals surface area contributed by atoms with Crippen molar-refractivity contribution in [3.05, 3.63) is 90.0 Å². The van der Waals surface area contributed by atoms with Crippen molar-refractivity contribution in [1.82, 2.24) is 5.32 Å². The summed E-state index contributed by atoms with van der Waals surface area (Å²) >= 11 is 0. The van der Waals surface area contributed by atoms with Crippen LogP contribution in [0.2, 0.25) is 0 Å². The molecule has 0 aliphatic rings. The second kappa shape index (κ2) is 8.19. The number of para-hydroxylation sites is 1. The highest BCUT2D eigenvalue weighted by molar-refractivity contribution is 5.86. The third-order valence-electron chi connectivity index (χ3n) is 4.20. The average Bonchev–Trinajstić information content (AvgIpc) is 2.65. The highest BCUT2D eigenvalue weighted by Gasteiger charge is 2.07. The molecule has 124 valence electrons. The van der Waals surface area contributed by atoms with E-state index >= 15 is 0 Å². The molecule has 0 aliphatic carbocycles. The Hall–Kier alpha value is -3.02. The molecule has 3 aromatic carbocycles. The van der Waals surface area contributed by atoms with E-state index in [4.69, 9.17) is 5.73 Å². The molecule has 3 rings (SSSR count). The maximum atomic E-state index is 5.87. The summed E-state index contributed by atoms with van der Waals surface area (Å²) in [5.41, 5.74) is 8.77. The van der Waals surface area contributed by atoms with Crippen LogP contribution in [-0.2, 0) is 0 Å². The molecule has 3 N–H and O–H groups in total. The van der Waals surface area contributed by atoms with Gasteiger partial charge in [-0.15, -0.1) is 0 Å². The molecule has 3 aromatic rings. The van der Waals surface area contributed by atoms with E-state index in [9.17, 15) is 0 Å². The third kappa shape index (κ3) is 4.29. The molecule has 0 spiro atoms. The molecule has 0 saturated heterocycles. The largest absolute Gasteiger partial charge is 0.398 e. The molecule has 25 heavy (non-hydrogen) atoms. The van der Waals surface area contributed by atoms with Gasteiger partial charge >= 0.3 is 0 Å². The second-order valence-corrected chi connectivity index (χ2v) is 5.96. The van der Waals surface area contributed by atoms with Gasteiger partial charge in [-0.2, -0.15) is 0 Å². The lowest BCUT2D eigenvalue weighted by atomic mass is 10.00. The highest BCUT2D eigenvalue weighted by Crippen LogP contribution is 2.23. The number of benzene rings is 3. The van der Waals surface area contributed by atoms with Gasteiger partial charge in [-0.05, 0) is 41.5 Å². The van der Waals surface area contributed by atoms with E-state index in [-0.39, 0.29) is 6.04 Å². The Balaban J connectivity index is 1.60. The van der Waals surface area contributed by atoms with Gasteiger partial charge in [0.15, 0.2) is 0 Å². The Kier molecular flexibility index (Phi) is 5.51. The van der Waals surface area contributed by atoms with Gasteiger partial charge in [-0.3, -0.25) is 0 Å². The third-order valence-corrected chi connectivity index (χ3v) is 4.20. The average molecular weight is 326 g/mol. The molecule has 0 bridgehead atoms. The molecule has 0 saturated carbocycles. The molecule has 1 atom stereocenters. The van der Waals surface area contributed by atoms with Crippen LogP contribution in [-0.4, -0.2) is 6.54 Å². The first-order chi connectivity index (χ1) is 12.3. The summed E-state index contributed by atoms with van der Waals surface area (Å²) in [6.07, 6.45) is 3.91. The van der Waals surface area contributed by atoms with E-state index in [2.05, 4.69) is 66.5 Å². The van der Waals surface area contributed by atoms with Crippen LogP contribution >= 0.6 is 0 Å². The molecule has 2 heteroatoms. The summed E-state index contributed by atoms with van der Waals surface area (Å²) in [5, 5.41) is 6.09. The topological polar surface area (TPSA) is 38.0 Å². The Labute approximate surface area is 149 Å². The lowest BCUT2D eigenvalue weighted by Crippen LogP contribution is -2.18. The summed E-state index contributed by atoms with van der Waals surface area (Å²) in [5.74, 6) is 6.10. The molecule has 1 unspecified atom stereocenters. The standard InChI is InChI=1S/C23H22N2/c1-18(21-15-9-13-19-10-4-6-14-22(19)21)25-17-8-2-3-11-20-12-5-7-16-23(20)24/h2,4-10,12-16,18,25H,17,24H2,1H3/b8-2+. The second-order valence-electron chi connectivity index (χ2n) is 5.96.